The van der Waals surface area contributed by atoms with Crippen LogP contribution in [0.1, 0.15) is 72.6 Å². The summed E-state index contributed by atoms with van der Waals surface area (Å²) in [5, 5.41) is 11.4. The average molecular weight is 529 g/mol. The standard InChI is InChI=1S/C28H36F4O5/c1-5-6-7-8-22(36)37-28(21(35)14-29)15(2)11-16-17-12-18(30)23-24(31)19(33)9-10-25(23,3)27(17,32)20(34)13-26(16,28)4/h9-10,15-18,20,34H,5-8,11-14H2,1-4H3/t15-,16+,17+,18+,20+,25+,26+,27+,28+/m1/s1. The maximum Gasteiger partial charge on any atom is 0.306 e. The van der Waals surface area contributed by atoms with Crippen molar-refractivity contribution < 1.29 is 41.8 Å². The van der Waals surface area contributed by atoms with Gasteiger partial charge in [0.05, 0.1) is 6.10 Å². The fraction of sp³-hybridized carbons (Fsp3) is 0.750. The highest BCUT2D eigenvalue weighted by atomic mass is 19.2. The molecule has 9 heteroatoms. The molecule has 0 amide bonds. The van der Waals surface area contributed by atoms with E-state index in [-0.39, 0.29) is 19.3 Å². The van der Waals surface area contributed by atoms with E-state index in [0.29, 0.717) is 6.42 Å². The van der Waals surface area contributed by atoms with Crippen LogP contribution in [-0.4, -0.2) is 52.9 Å². The number of carbonyl (C=O) groups excluding carboxylic acids is 3. The number of unbranched alkanes of at least 4 members (excludes halogenated alkanes) is 2. The van der Waals surface area contributed by atoms with Gasteiger partial charge in [0, 0.05) is 34.7 Å². The van der Waals surface area contributed by atoms with Gasteiger partial charge in [-0.25, -0.2) is 17.6 Å². The van der Waals surface area contributed by atoms with E-state index < -0.39 is 94.2 Å². The summed E-state index contributed by atoms with van der Waals surface area (Å²) in [5.41, 5.74) is -8.46. The van der Waals surface area contributed by atoms with E-state index in [0.717, 1.165) is 25.0 Å². The topological polar surface area (TPSA) is 80.7 Å². The second-order valence-electron chi connectivity index (χ2n) is 11.8. The molecule has 4 aliphatic rings. The first-order chi connectivity index (χ1) is 17.3. The Balaban J connectivity index is 1.81. The van der Waals surface area contributed by atoms with Crippen molar-refractivity contribution in [3.8, 4) is 0 Å². The van der Waals surface area contributed by atoms with Crippen molar-refractivity contribution >= 4 is 17.5 Å². The molecular formula is C28H36F4O5. The Labute approximate surface area is 214 Å². The molecule has 3 fully saturated rings. The molecule has 0 radical (unpaired) electrons. The third kappa shape index (κ3) is 3.54. The van der Waals surface area contributed by atoms with Crippen LogP contribution in [0.2, 0.25) is 0 Å². The van der Waals surface area contributed by atoms with Crippen LogP contribution >= 0.6 is 0 Å². The number of allylic oxidation sites excluding steroid dienone is 4. The summed E-state index contributed by atoms with van der Waals surface area (Å²) < 4.78 is 67.6. The summed E-state index contributed by atoms with van der Waals surface area (Å²) in [7, 11) is 0. The van der Waals surface area contributed by atoms with Crippen LogP contribution in [0.4, 0.5) is 17.6 Å². The van der Waals surface area contributed by atoms with Gasteiger partial charge in [-0.3, -0.25) is 14.4 Å². The predicted molar refractivity (Wildman–Crippen MR) is 127 cm³/mol. The number of carbonyl (C=O) groups is 3. The van der Waals surface area contributed by atoms with E-state index >= 15 is 8.78 Å². The zero-order valence-corrected chi connectivity index (χ0v) is 21.8. The molecule has 0 aromatic carbocycles. The molecular weight excluding hydrogens is 492 g/mol. The molecule has 0 spiro atoms. The summed E-state index contributed by atoms with van der Waals surface area (Å²) in [5.74, 6) is -6.73. The molecule has 4 rings (SSSR count). The molecule has 4 aliphatic carbocycles. The number of aliphatic hydroxyl groups excluding tert-OH is 1. The Morgan fingerprint density at radius 3 is 2.49 bits per heavy atom. The third-order valence-corrected chi connectivity index (χ3v) is 10.0. The molecule has 0 saturated heterocycles. The largest absolute Gasteiger partial charge is 0.450 e. The molecule has 0 heterocycles. The number of ether oxygens (including phenoxy) is 1. The predicted octanol–water partition coefficient (Wildman–Crippen LogP) is 5.25. The lowest BCUT2D eigenvalue weighted by Crippen LogP contribution is -2.71. The molecule has 3 saturated carbocycles. The fourth-order valence-electron chi connectivity index (χ4n) is 8.33. The number of alkyl halides is 3. The van der Waals surface area contributed by atoms with Gasteiger partial charge in [0.15, 0.2) is 23.8 Å². The molecule has 0 aromatic rings. The quantitative estimate of drug-likeness (QED) is 0.277. The van der Waals surface area contributed by atoms with Crippen molar-refractivity contribution in [3.63, 3.8) is 0 Å². The van der Waals surface area contributed by atoms with Gasteiger partial charge in [-0.15, -0.1) is 0 Å². The van der Waals surface area contributed by atoms with Gasteiger partial charge in [0.25, 0.3) is 0 Å². The number of hydrogen-bond acceptors (Lipinski definition) is 5. The Morgan fingerprint density at radius 1 is 1.19 bits per heavy atom. The van der Waals surface area contributed by atoms with Gasteiger partial charge in [-0.2, -0.15) is 0 Å². The summed E-state index contributed by atoms with van der Waals surface area (Å²) in [4.78, 5) is 38.1. The van der Waals surface area contributed by atoms with Crippen LogP contribution in [-0.2, 0) is 19.1 Å². The highest BCUT2D eigenvalue weighted by molar-refractivity contribution is 6.04. The maximum absolute atomic E-state index is 17.3. The van der Waals surface area contributed by atoms with Crippen molar-refractivity contribution in [2.24, 2.45) is 28.6 Å². The molecule has 1 N–H and O–H groups in total. The van der Waals surface area contributed by atoms with Gasteiger partial charge >= 0.3 is 5.97 Å². The van der Waals surface area contributed by atoms with Gasteiger partial charge in [-0.05, 0) is 44.6 Å². The molecule has 0 bridgehead atoms. The number of halogens is 4. The van der Waals surface area contributed by atoms with Crippen LogP contribution in [0.5, 0.6) is 0 Å². The zero-order valence-electron chi connectivity index (χ0n) is 21.8. The molecule has 0 aromatic heterocycles. The molecule has 37 heavy (non-hydrogen) atoms. The lowest BCUT2D eigenvalue weighted by Gasteiger charge is -2.63. The van der Waals surface area contributed by atoms with Crippen molar-refractivity contribution in [3.05, 3.63) is 23.6 Å². The maximum atomic E-state index is 17.3. The van der Waals surface area contributed by atoms with Gasteiger partial charge < -0.3 is 9.84 Å². The van der Waals surface area contributed by atoms with E-state index in [4.69, 9.17) is 4.74 Å². The van der Waals surface area contributed by atoms with Crippen LogP contribution in [0.3, 0.4) is 0 Å². The number of Topliss-reactive ketones (excluding diaryl/α,β-unsaturated/α-hetero) is 1. The zero-order chi connectivity index (χ0) is 27.6. The summed E-state index contributed by atoms with van der Waals surface area (Å²) in [6.45, 7) is 5.04. The monoisotopic (exact) mass is 528 g/mol. The van der Waals surface area contributed by atoms with E-state index in [1.165, 1.54) is 6.92 Å². The highest BCUT2D eigenvalue weighted by Crippen LogP contribution is 2.72. The van der Waals surface area contributed by atoms with Crippen molar-refractivity contribution in [1.29, 1.82) is 0 Å². The number of fused-ring (bicyclic) bond motifs is 5. The molecule has 9 atom stereocenters. The van der Waals surface area contributed by atoms with E-state index in [2.05, 4.69) is 0 Å². The third-order valence-electron chi connectivity index (χ3n) is 10.0. The minimum absolute atomic E-state index is 0.0263. The average Bonchev–Trinajstić information content (AvgIpc) is 3.05. The first-order valence-corrected chi connectivity index (χ1v) is 13.2. The molecule has 206 valence electrons. The number of rotatable bonds is 7. The van der Waals surface area contributed by atoms with Gasteiger partial charge in [0.1, 0.15) is 6.17 Å². The Bertz CT molecular complexity index is 1060. The number of ketones is 2. The van der Waals surface area contributed by atoms with Crippen LogP contribution in [0, 0.1) is 28.6 Å². The van der Waals surface area contributed by atoms with Crippen LogP contribution in [0.25, 0.3) is 0 Å². The van der Waals surface area contributed by atoms with Crippen molar-refractivity contribution in [1.82, 2.24) is 0 Å². The minimum atomic E-state index is -2.57. The summed E-state index contributed by atoms with van der Waals surface area (Å²) >= 11 is 0. The first kappa shape index (κ1) is 28.0. The second kappa shape index (κ2) is 9.31. The fourth-order valence-corrected chi connectivity index (χ4v) is 8.33. The molecule has 0 unspecified atom stereocenters. The van der Waals surface area contributed by atoms with E-state index in [9.17, 15) is 28.3 Å². The van der Waals surface area contributed by atoms with E-state index in [1.807, 2.05) is 6.92 Å². The van der Waals surface area contributed by atoms with E-state index in [1.54, 1.807) is 13.8 Å². The minimum Gasteiger partial charge on any atom is -0.450 e. The summed E-state index contributed by atoms with van der Waals surface area (Å²) in [6.07, 6.45) is -0.448. The van der Waals surface area contributed by atoms with Gasteiger partial charge in [-0.1, -0.05) is 39.7 Å². The lowest BCUT2D eigenvalue weighted by atomic mass is 9.44. The Morgan fingerprint density at radius 2 is 1.86 bits per heavy atom. The second-order valence-corrected chi connectivity index (χ2v) is 11.8. The normalized spacial score (nSPS) is 44.8. The first-order valence-electron chi connectivity index (χ1n) is 13.2. The number of esters is 1. The number of aliphatic hydroxyl groups is 1. The van der Waals surface area contributed by atoms with Crippen molar-refractivity contribution in [2.75, 3.05) is 6.67 Å². The van der Waals surface area contributed by atoms with Crippen LogP contribution < -0.4 is 0 Å². The highest BCUT2D eigenvalue weighted by Gasteiger charge is 2.78. The van der Waals surface area contributed by atoms with Gasteiger partial charge in [0.2, 0.25) is 11.6 Å². The Hall–Kier alpha value is -2.03. The van der Waals surface area contributed by atoms with Crippen molar-refractivity contribution in [2.45, 2.75) is 96.2 Å². The smallest absolute Gasteiger partial charge is 0.306 e. The molecule has 0 aliphatic heterocycles. The SMILES string of the molecule is CCCCCC(=O)O[C@]1(C(=O)CF)[C@H](C)C[C@H]2[C@@H]3C[C@H](F)C4=C(F)C(=O)C=C[C@]4(C)[C@@]3(F)[C@@H](O)C[C@@]21C. The lowest BCUT2D eigenvalue weighted by molar-refractivity contribution is -0.231. The molecule has 5 nitrogen and oxygen atoms in total. The van der Waals surface area contributed by atoms with Crippen LogP contribution in [0.15, 0.2) is 23.6 Å². The Kier molecular flexibility index (Phi) is 7.04. The number of hydrogen-bond donors (Lipinski definition) is 1. The summed E-state index contributed by atoms with van der Waals surface area (Å²) in [6, 6.07) is 0.